The summed E-state index contributed by atoms with van der Waals surface area (Å²) in [5.41, 5.74) is 1.72. The lowest BCUT2D eigenvalue weighted by Gasteiger charge is -2.38. The number of carboxylic acid groups (broad SMARTS) is 1. The number of carboxylic acids is 1. The van der Waals surface area contributed by atoms with Crippen molar-refractivity contribution in [2.75, 3.05) is 13.2 Å². The van der Waals surface area contributed by atoms with Crippen LogP contribution in [0.15, 0.2) is 42.5 Å². The van der Waals surface area contributed by atoms with Crippen molar-refractivity contribution in [3.05, 3.63) is 65.0 Å². The van der Waals surface area contributed by atoms with Gasteiger partial charge in [-0.15, -0.1) is 0 Å². The number of carbonyl (C=O) groups excluding carboxylic acids is 1. The molecular formula is C19H20N2O4. The second kappa shape index (κ2) is 7.03. The van der Waals surface area contributed by atoms with Crippen LogP contribution in [0.4, 0.5) is 0 Å². The van der Waals surface area contributed by atoms with Gasteiger partial charge in [0.2, 0.25) is 0 Å². The number of hydrogen-bond donors (Lipinski definition) is 1. The number of aryl methyl sites for hydroxylation is 1. The first-order valence-corrected chi connectivity index (χ1v) is 8.16. The van der Waals surface area contributed by atoms with Crippen LogP contribution >= 0.6 is 0 Å². The number of aromatic carboxylic acids is 1. The zero-order chi connectivity index (χ0) is 18.0. The van der Waals surface area contributed by atoms with Gasteiger partial charge in [-0.1, -0.05) is 30.3 Å². The minimum absolute atomic E-state index is 0.0753. The molecule has 2 unspecified atom stereocenters. The molecule has 1 aromatic heterocycles. The monoisotopic (exact) mass is 340 g/mol. The van der Waals surface area contributed by atoms with Gasteiger partial charge in [-0.3, -0.25) is 4.79 Å². The number of hydrogen-bond acceptors (Lipinski definition) is 4. The topological polar surface area (TPSA) is 79.7 Å². The Hall–Kier alpha value is -2.73. The standard InChI is InChI=1S/C19H20N2O4/c1-12-11-25-17(14-6-4-3-5-7-14)10-21(12)18(22)16-9-8-15(19(23)24)13(2)20-16/h3-9,12,17H,10-11H2,1-2H3,(H,23,24). The van der Waals surface area contributed by atoms with E-state index >= 15 is 0 Å². The molecule has 25 heavy (non-hydrogen) atoms. The minimum Gasteiger partial charge on any atom is -0.478 e. The molecule has 0 saturated carbocycles. The van der Waals surface area contributed by atoms with Gasteiger partial charge < -0.3 is 14.7 Å². The van der Waals surface area contributed by atoms with Crippen molar-refractivity contribution in [2.24, 2.45) is 0 Å². The van der Waals surface area contributed by atoms with Crippen LogP contribution in [0.2, 0.25) is 0 Å². The number of amides is 1. The Bertz CT molecular complexity index is 791. The number of carbonyl (C=O) groups is 2. The molecule has 0 aliphatic carbocycles. The predicted molar refractivity (Wildman–Crippen MR) is 91.6 cm³/mol. The van der Waals surface area contributed by atoms with Gasteiger partial charge in [0.1, 0.15) is 11.8 Å². The van der Waals surface area contributed by atoms with E-state index in [0.717, 1.165) is 5.56 Å². The molecule has 1 aliphatic heterocycles. The van der Waals surface area contributed by atoms with E-state index in [0.29, 0.717) is 18.8 Å². The molecule has 2 aromatic rings. The van der Waals surface area contributed by atoms with Crippen LogP contribution in [-0.4, -0.2) is 46.1 Å². The number of morpholine rings is 1. The lowest BCUT2D eigenvalue weighted by Crippen LogP contribution is -2.48. The fourth-order valence-corrected chi connectivity index (χ4v) is 2.96. The predicted octanol–water partition coefficient (Wildman–Crippen LogP) is 2.69. The smallest absolute Gasteiger partial charge is 0.337 e. The lowest BCUT2D eigenvalue weighted by atomic mass is 10.1. The van der Waals surface area contributed by atoms with E-state index in [2.05, 4.69) is 4.98 Å². The van der Waals surface area contributed by atoms with Crippen LogP contribution in [0.3, 0.4) is 0 Å². The molecule has 6 nitrogen and oxygen atoms in total. The summed E-state index contributed by atoms with van der Waals surface area (Å²) < 4.78 is 5.87. The van der Waals surface area contributed by atoms with Gasteiger partial charge >= 0.3 is 5.97 Å². The van der Waals surface area contributed by atoms with Crippen LogP contribution < -0.4 is 0 Å². The van der Waals surface area contributed by atoms with Crippen LogP contribution in [0.1, 0.15) is 45.1 Å². The fraction of sp³-hybridized carbons (Fsp3) is 0.316. The number of aromatic nitrogens is 1. The molecule has 2 heterocycles. The Labute approximate surface area is 146 Å². The summed E-state index contributed by atoms with van der Waals surface area (Å²) in [7, 11) is 0. The largest absolute Gasteiger partial charge is 0.478 e. The number of nitrogens with zero attached hydrogens (tertiary/aromatic N) is 2. The molecule has 1 N–H and O–H groups in total. The molecule has 0 bridgehead atoms. The summed E-state index contributed by atoms with van der Waals surface area (Å²) in [5.74, 6) is -1.26. The molecular weight excluding hydrogens is 320 g/mol. The van der Waals surface area contributed by atoms with E-state index in [1.165, 1.54) is 12.1 Å². The van der Waals surface area contributed by atoms with Gasteiger partial charge in [-0.05, 0) is 31.5 Å². The maximum absolute atomic E-state index is 12.9. The van der Waals surface area contributed by atoms with Crippen LogP contribution in [-0.2, 0) is 4.74 Å². The average molecular weight is 340 g/mol. The first kappa shape index (κ1) is 17.1. The van der Waals surface area contributed by atoms with Crippen LogP contribution in [0.5, 0.6) is 0 Å². The van der Waals surface area contributed by atoms with Crippen molar-refractivity contribution < 1.29 is 19.4 Å². The van der Waals surface area contributed by atoms with E-state index < -0.39 is 5.97 Å². The fourth-order valence-electron chi connectivity index (χ4n) is 2.96. The maximum Gasteiger partial charge on any atom is 0.337 e. The number of pyridine rings is 1. The molecule has 2 atom stereocenters. The molecule has 1 aliphatic rings. The number of benzene rings is 1. The molecule has 1 fully saturated rings. The van der Waals surface area contributed by atoms with E-state index in [-0.39, 0.29) is 29.3 Å². The minimum atomic E-state index is -1.05. The van der Waals surface area contributed by atoms with E-state index in [1.54, 1.807) is 11.8 Å². The van der Waals surface area contributed by atoms with Gasteiger partial charge in [-0.2, -0.15) is 0 Å². The van der Waals surface area contributed by atoms with Crippen molar-refractivity contribution in [3.63, 3.8) is 0 Å². The average Bonchev–Trinajstić information content (AvgIpc) is 2.62. The molecule has 3 rings (SSSR count). The Kier molecular flexibility index (Phi) is 4.81. The molecule has 0 radical (unpaired) electrons. The molecule has 1 saturated heterocycles. The van der Waals surface area contributed by atoms with E-state index in [1.807, 2.05) is 37.3 Å². The van der Waals surface area contributed by atoms with Gasteiger partial charge in [0.25, 0.3) is 5.91 Å². The quantitative estimate of drug-likeness (QED) is 0.929. The summed E-state index contributed by atoms with van der Waals surface area (Å²) in [4.78, 5) is 29.9. The zero-order valence-corrected chi connectivity index (χ0v) is 14.2. The highest BCUT2D eigenvalue weighted by atomic mass is 16.5. The summed E-state index contributed by atoms with van der Waals surface area (Å²) in [6.45, 7) is 4.40. The molecule has 0 spiro atoms. The molecule has 1 amide bonds. The molecule has 6 heteroatoms. The third kappa shape index (κ3) is 3.53. The normalized spacial score (nSPS) is 20.3. The maximum atomic E-state index is 12.9. The number of rotatable bonds is 3. The first-order chi connectivity index (χ1) is 12.0. The Morgan fingerprint density at radius 3 is 2.56 bits per heavy atom. The van der Waals surface area contributed by atoms with Crippen molar-refractivity contribution in [1.29, 1.82) is 0 Å². The summed E-state index contributed by atoms with van der Waals surface area (Å²) >= 11 is 0. The highest BCUT2D eigenvalue weighted by Crippen LogP contribution is 2.26. The number of ether oxygens (including phenoxy) is 1. The highest BCUT2D eigenvalue weighted by Gasteiger charge is 2.31. The summed E-state index contributed by atoms with van der Waals surface area (Å²) in [6, 6.07) is 12.6. The van der Waals surface area contributed by atoms with Crippen LogP contribution in [0.25, 0.3) is 0 Å². The Balaban J connectivity index is 1.82. The van der Waals surface area contributed by atoms with E-state index in [9.17, 15) is 9.59 Å². The van der Waals surface area contributed by atoms with Crippen molar-refractivity contribution in [2.45, 2.75) is 26.0 Å². The third-order valence-electron chi connectivity index (χ3n) is 4.40. The van der Waals surface area contributed by atoms with Gasteiger partial charge in [0, 0.05) is 0 Å². The van der Waals surface area contributed by atoms with E-state index in [4.69, 9.17) is 9.84 Å². The van der Waals surface area contributed by atoms with Gasteiger partial charge in [-0.25, -0.2) is 9.78 Å². The lowest BCUT2D eigenvalue weighted by molar-refractivity contribution is -0.0488. The van der Waals surface area contributed by atoms with Crippen molar-refractivity contribution >= 4 is 11.9 Å². The second-order valence-electron chi connectivity index (χ2n) is 6.17. The Morgan fingerprint density at radius 2 is 1.92 bits per heavy atom. The molecule has 1 aromatic carbocycles. The SMILES string of the molecule is Cc1nc(C(=O)N2CC(c3ccccc3)OCC2C)ccc1C(=O)O. The van der Waals surface area contributed by atoms with Crippen LogP contribution in [0, 0.1) is 6.92 Å². The highest BCUT2D eigenvalue weighted by molar-refractivity contribution is 5.94. The second-order valence-corrected chi connectivity index (χ2v) is 6.17. The molecule has 130 valence electrons. The van der Waals surface area contributed by atoms with Crippen molar-refractivity contribution in [3.8, 4) is 0 Å². The van der Waals surface area contributed by atoms with Gasteiger partial charge in [0.15, 0.2) is 0 Å². The zero-order valence-electron chi connectivity index (χ0n) is 14.2. The first-order valence-electron chi connectivity index (χ1n) is 8.16. The van der Waals surface area contributed by atoms with Gasteiger partial charge in [0.05, 0.1) is 30.5 Å². The summed E-state index contributed by atoms with van der Waals surface area (Å²) in [6.07, 6.45) is -0.180. The third-order valence-corrected chi connectivity index (χ3v) is 4.40. The Morgan fingerprint density at radius 1 is 1.20 bits per heavy atom. The summed E-state index contributed by atoms with van der Waals surface area (Å²) in [5, 5.41) is 9.09. The van der Waals surface area contributed by atoms with Crippen molar-refractivity contribution in [1.82, 2.24) is 9.88 Å².